The van der Waals surface area contributed by atoms with Crippen molar-refractivity contribution in [2.24, 2.45) is 7.05 Å². The lowest BCUT2D eigenvalue weighted by atomic mass is 10.0. The van der Waals surface area contributed by atoms with Gasteiger partial charge in [0.2, 0.25) is 0 Å². The zero-order chi connectivity index (χ0) is 12.5. The van der Waals surface area contributed by atoms with Crippen LogP contribution in [0.15, 0.2) is 4.47 Å². The molecule has 2 rings (SSSR count). The monoisotopic (exact) mass is 301 g/mol. The predicted octanol–water partition coefficient (Wildman–Crippen LogP) is 2.01. The van der Waals surface area contributed by atoms with Crippen LogP contribution >= 0.6 is 15.9 Å². The number of hydrogen-bond donors (Lipinski definition) is 1. The van der Waals surface area contributed by atoms with Crippen molar-refractivity contribution in [1.29, 1.82) is 0 Å². The van der Waals surface area contributed by atoms with Crippen molar-refractivity contribution in [2.45, 2.75) is 38.8 Å². The van der Waals surface area contributed by atoms with Crippen molar-refractivity contribution >= 4 is 15.9 Å². The van der Waals surface area contributed by atoms with Gasteiger partial charge in [-0.25, -0.2) is 0 Å². The molecule has 4 nitrogen and oxygen atoms in total. The highest BCUT2D eigenvalue weighted by molar-refractivity contribution is 9.10. The van der Waals surface area contributed by atoms with E-state index in [-0.39, 0.29) is 5.54 Å². The highest BCUT2D eigenvalue weighted by Gasteiger charge is 2.29. The molecule has 0 spiro atoms. The van der Waals surface area contributed by atoms with E-state index >= 15 is 0 Å². The molecular weight excluding hydrogens is 282 g/mol. The number of rotatable bonds is 4. The van der Waals surface area contributed by atoms with Crippen LogP contribution in [-0.2, 0) is 24.8 Å². The van der Waals surface area contributed by atoms with Gasteiger partial charge in [-0.3, -0.25) is 4.68 Å². The standard InChI is InChI=1S/C12H20BrN3O/c1-4-9-11(13)10(16(3)15-9)7-14-12(2)5-6-17-8-12/h14H,4-8H2,1-3H3. The Balaban J connectivity index is 2.06. The summed E-state index contributed by atoms with van der Waals surface area (Å²) in [6, 6.07) is 0. The molecule has 0 aromatic carbocycles. The van der Waals surface area contributed by atoms with Gasteiger partial charge in [0.05, 0.1) is 22.5 Å². The molecule has 1 N–H and O–H groups in total. The van der Waals surface area contributed by atoms with Gasteiger partial charge in [-0.2, -0.15) is 5.10 Å². The Morgan fingerprint density at radius 2 is 2.35 bits per heavy atom. The molecule has 96 valence electrons. The average molecular weight is 302 g/mol. The number of nitrogens with one attached hydrogen (secondary N) is 1. The quantitative estimate of drug-likeness (QED) is 0.925. The van der Waals surface area contributed by atoms with Crippen molar-refractivity contribution in [3.05, 3.63) is 15.9 Å². The van der Waals surface area contributed by atoms with Crippen LogP contribution in [0.1, 0.15) is 31.7 Å². The SMILES string of the molecule is CCc1nn(C)c(CNC2(C)CCOC2)c1Br. The van der Waals surface area contributed by atoms with E-state index in [2.05, 4.69) is 40.2 Å². The van der Waals surface area contributed by atoms with Crippen LogP contribution in [0, 0.1) is 0 Å². The second-order valence-corrected chi connectivity index (χ2v) is 5.69. The first-order chi connectivity index (χ1) is 8.06. The fourth-order valence-corrected chi connectivity index (χ4v) is 2.87. The average Bonchev–Trinajstić information content (AvgIpc) is 2.83. The summed E-state index contributed by atoms with van der Waals surface area (Å²) in [5.74, 6) is 0. The molecule has 0 saturated carbocycles. The van der Waals surface area contributed by atoms with Gasteiger partial charge in [-0.1, -0.05) is 6.92 Å². The van der Waals surface area contributed by atoms with Gasteiger partial charge >= 0.3 is 0 Å². The van der Waals surface area contributed by atoms with Crippen LogP contribution in [0.2, 0.25) is 0 Å². The van der Waals surface area contributed by atoms with Gasteiger partial charge in [0, 0.05) is 25.7 Å². The molecule has 0 radical (unpaired) electrons. The van der Waals surface area contributed by atoms with Crippen LogP contribution in [-0.4, -0.2) is 28.5 Å². The molecule has 1 atom stereocenters. The molecule has 1 unspecified atom stereocenters. The van der Waals surface area contributed by atoms with Gasteiger partial charge in [0.1, 0.15) is 0 Å². The van der Waals surface area contributed by atoms with Crippen LogP contribution < -0.4 is 5.32 Å². The highest BCUT2D eigenvalue weighted by Crippen LogP contribution is 2.23. The Hall–Kier alpha value is -0.390. The first-order valence-corrected chi connectivity index (χ1v) is 6.88. The third-order valence-corrected chi connectivity index (χ3v) is 4.32. The summed E-state index contributed by atoms with van der Waals surface area (Å²) in [4.78, 5) is 0. The highest BCUT2D eigenvalue weighted by atomic mass is 79.9. The lowest BCUT2D eigenvalue weighted by Crippen LogP contribution is -2.42. The van der Waals surface area contributed by atoms with E-state index in [1.807, 2.05) is 11.7 Å². The van der Waals surface area contributed by atoms with Gasteiger partial charge in [0.25, 0.3) is 0 Å². The molecule has 1 saturated heterocycles. The number of ether oxygens (including phenoxy) is 1. The minimum atomic E-state index is 0.107. The van der Waals surface area contributed by atoms with Gasteiger partial charge in [-0.15, -0.1) is 0 Å². The maximum Gasteiger partial charge on any atom is 0.0767 e. The van der Waals surface area contributed by atoms with Gasteiger partial charge in [0.15, 0.2) is 0 Å². The zero-order valence-corrected chi connectivity index (χ0v) is 12.3. The maximum absolute atomic E-state index is 5.44. The summed E-state index contributed by atoms with van der Waals surface area (Å²) in [6.45, 7) is 6.81. The summed E-state index contributed by atoms with van der Waals surface area (Å²) in [5, 5.41) is 8.07. The molecule has 17 heavy (non-hydrogen) atoms. The second kappa shape index (κ2) is 5.08. The molecule has 1 aromatic rings. The molecule has 1 fully saturated rings. The smallest absolute Gasteiger partial charge is 0.0767 e. The Morgan fingerprint density at radius 3 is 2.88 bits per heavy atom. The van der Waals surface area contributed by atoms with Crippen molar-refractivity contribution < 1.29 is 4.74 Å². The molecule has 1 aliphatic heterocycles. The predicted molar refractivity (Wildman–Crippen MR) is 71.0 cm³/mol. The molecule has 2 heterocycles. The first kappa shape index (κ1) is 13.1. The van der Waals surface area contributed by atoms with Crippen molar-refractivity contribution in [1.82, 2.24) is 15.1 Å². The summed E-state index contributed by atoms with van der Waals surface area (Å²) in [7, 11) is 1.99. The van der Waals surface area contributed by atoms with Crippen LogP contribution in [0.3, 0.4) is 0 Å². The lowest BCUT2D eigenvalue weighted by molar-refractivity contribution is 0.171. The second-order valence-electron chi connectivity index (χ2n) is 4.90. The van der Waals surface area contributed by atoms with Crippen molar-refractivity contribution in [3.63, 3.8) is 0 Å². The third kappa shape index (κ3) is 2.72. The summed E-state index contributed by atoms with van der Waals surface area (Å²) in [6.07, 6.45) is 2.03. The van der Waals surface area contributed by atoms with Crippen LogP contribution in [0.4, 0.5) is 0 Å². The van der Waals surface area contributed by atoms with E-state index in [9.17, 15) is 0 Å². The van der Waals surface area contributed by atoms with E-state index < -0.39 is 0 Å². The van der Waals surface area contributed by atoms with Crippen LogP contribution in [0.25, 0.3) is 0 Å². The van der Waals surface area contributed by atoms with E-state index in [1.54, 1.807) is 0 Å². The lowest BCUT2D eigenvalue weighted by Gasteiger charge is -2.23. The Kier molecular flexibility index (Phi) is 3.90. The molecule has 0 aliphatic carbocycles. The zero-order valence-electron chi connectivity index (χ0n) is 10.7. The van der Waals surface area contributed by atoms with E-state index in [1.165, 1.54) is 5.69 Å². The van der Waals surface area contributed by atoms with Gasteiger partial charge in [-0.05, 0) is 35.7 Å². The third-order valence-electron chi connectivity index (χ3n) is 3.40. The molecule has 5 heteroatoms. The minimum absolute atomic E-state index is 0.107. The Labute approximate surface area is 111 Å². The van der Waals surface area contributed by atoms with Crippen molar-refractivity contribution in [2.75, 3.05) is 13.2 Å². The summed E-state index contributed by atoms with van der Waals surface area (Å²) in [5.41, 5.74) is 2.43. The van der Waals surface area contributed by atoms with Gasteiger partial charge < -0.3 is 10.1 Å². The Morgan fingerprint density at radius 1 is 1.59 bits per heavy atom. The fraction of sp³-hybridized carbons (Fsp3) is 0.750. The number of aryl methyl sites for hydroxylation is 2. The number of nitrogens with zero attached hydrogens (tertiary/aromatic N) is 2. The normalized spacial score (nSPS) is 24.5. The molecule has 1 aromatic heterocycles. The van der Waals surface area contributed by atoms with Crippen LogP contribution in [0.5, 0.6) is 0 Å². The number of aromatic nitrogens is 2. The summed E-state index contributed by atoms with van der Waals surface area (Å²) < 4.78 is 8.53. The molecule has 1 aliphatic rings. The Bertz CT molecular complexity index is 397. The topological polar surface area (TPSA) is 39.1 Å². The first-order valence-electron chi connectivity index (χ1n) is 6.09. The number of halogens is 1. The van der Waals surface area contributed by atoms with E-state index in [4.69, 9.17) is 4.74 Å². The minimum Gasteiger partial charge on any atom is -0.379 e. The van der Waals surface area contributed by atoms with Crippen molar-refractivity contribution in [3.8, 4) is 0 Å². The molecule has 0 amide bonds. The number of hydrogen-bond acceptors (Lipinski definition) is 3. The van der Waals surface area contributed by atoms with E-state index in [0.29, 0.717) is 0 Å². The largest absolute Gasteiger partial charge is 0.379 e. The van der Waals surface area contributed by atoms with E-state index in [0.717, 1.165) is 42.8 Å². The molecular formula is C12H20BrN3O. The summed E-state index contributed by atoms with van der Waals surface area (Å²) >= 11 is 3.63. The molecule has 0 bridgehead atoms. The maximum atomic E-state index is 5.44. The fourth-order valence-electron chi connectivity index (χ4n) is 2.12.